The van der Waals surface area contributed by atoms with Crippen LogP contribution < -0.4 is 18.9 Å². The fourth-order valence-corrected chi connectivity index (χ4v) is 9.09. The largest absolute Gasteiger partial charge is 0.571 e. The molecule has 4 aromatic rings. The lowest BCUT2D eigenvalue weighted by atomic mass is 9.96. The molecule has 4 aromatic carbocycles. The van der Waals surface area contributed by atoms with Gasteiger partial charge in [0, 0.05) is 24.3 Å². The standard InChI is InChI=1S/C54H60O28/c1-71-32-12-22(4-8-28(32)59)5-10-39(61)74-21-38-44(66)47(69)51(82-54-50(46(68)43(65)37(20-56)79-54)81-40(62)11-6-23-13-33(72-2)41(63)34(14-23)73-3)53(80-38)77-35-18-26-30(75-49(35)24-7-9-27(58)29(60)15-24)16-25(57)17-31(26)76-52-48(70)45(67)42(64)36(19-55)78-52/h4-18,36-38,42-60,63-70H,19-21H2,1-3H3/p+1. The van der Waals surface area contributed by atoms with Crippen LogP contribution in [0.3, 0.4) is 0 Å². The van der Waals surface area contributed by atoms with Gasteiger partial charge in [-0.3, -0.25) is 0 Å². The van der Waals surface area contributed by atoms with E-state index in [2.05, 4.69) is 0 Å². The summed E-state index contributed by atoms with van der Waals surface area (Å²) in [4.78, 5) is 26.7. The Morgan fingerprint density at radius 3 is 1.80 bits per heavy atom. The van der Waals surface area contributed by atoms with Crippen molar-refractivity contribution in [2.75, 3.05) is 41.2 Å². The van der Waals surface area contributed by atoms with E-state index in [9.17, 15) is 81.1 Å². The lowest BCUT2D eigenvalue weighted by molar-refractivity contribution is -0.364. The van der Waals surface area contributed by atoms with E-state index in [0.29, 0.717) is 5.56 Å². The summed E-state index contributed by atoms with van der Waals surface area (Å²) in [5, 5.41) is 151. The number of aliphatic hydroxyl groups is 10. The lowest BCUT2D eigenvalue weighted by Gasteiger charge is -2.46. The van der Waals surface area contributed by atoms with E-state index in [4.69, 9.17) is 56.8 Å². The van der Waals surface area contributed by atoms with Crippen LogP contribution in [0.4, 0.5) is 0 Å². The zero-order valence-corrected chi connectivity index (χ0v) is 43.5. The number of fused-ring (bicyclic) bond motifs is 1. The molecule has 28 nitrogen and oxygen atoms in total. The van der Waals surface area contributed by atoms with Crippen molar-refractivity contribution in [3.05, 3.63) is 101 Å². The van der Waals surface area contributed by atoms with Gasteiger partial charge in [-0.15, -0.1) is 0 Å². The molecule has 28 heteroatoms. The molecular weight excluding hydrogens is 1100 g/mol. The van der Waals surface area contributed by atoms with E-state index in [1.165, 1.54) is 82.0 Å². The molecule has 4 heterocycles. The first-order chi connectivity index (χ1) is 39.2. The number of hydrogen-bond acceptors (Lipinski definition) is 27. The highest BCUT2D eigenvalue weighted by atomic mass is 16.8. The Hall–Kier alpha value is -7.68. The van der Waals surface area contributed by atoms with Crippen LogP contribution in [-0.4, -0.2) is 221 Å². The minimum atomic E-state index is -2.19. The van der Waals surface area contributed by atoms with Crippen molar-refractivity contribution >= 4 is 30.2 Å². The Morgan fingerprint density at radius 2 is 1.15 bits per heavy atom. The average Bonchev–Trinajstić information content (AvgIpc) is 3.62. The molecule has 3 saturated heterocycles. The molecule has 0 radical (unpaired) electrons. The van der Waals surface area contributed by atoms with E-state index in [1.54, 1.807) is 0 Å². The van der Waals surface area contributed by atoms with Gasteiger partial charge in [0.2, 0.25) is 18.3 Å². The van der Waals surface area contributed by atoms with Crippen LogP contribution in [0.1, 0.15) is 28.4 Å². The quantitative estimate of drug-likeness (QED) is 0.0230. The summed E-state index contributed by atoms with van der Waals surface area (Å²) in [7, 11) is 3.87. The molecule has 4 aliphatic rings. The van der Waals surface area contributed by atoms with Crippen LogP contribution in [-0.2, 0) is 42.7 Å². The fraction of sp³-hybridized carbons (Fsp3) is 0.407. The highest BCUT2D eigenvalue weighted by molar-refractivity contribution is 5.88. The van der Waals surface area contributed by atoms with Crippen molar-refractivity contribution < 1.29 is 138 Å². The number of phenols is 5. The summed E-state index contributed by atoms with van der Waals surface area (Å²) in [6.45, 7) is -2.60. The number of methoxy groups -OCH3 is 3. The molecule has 444 valence electrons. The molecule has 0 amide bonds. The second kappa shape index (κ2) is 26.1. The zero-order valence-electron chi connectivity index (χ0n) is 43.5. The van der Waals surface area contributed by atoms with Crippen molar-refractivity contribution in [3.8, 4) is 57.5 Å². The third-order valence-electron chi connectivity index (χ3n) is 13.5. The number of aromatic hydroxyl groups is 6. The van der Waals surface area contributed by atoms with Crippen molar-refractivity contribution in [1.82, 2.24) is 0 Å². The molecule has 16 unspecified atom stereocenters. The first-order valence-electron chi connectivity index (χ1n) is 25.0. The van der Waals surface area contributed by atoms with Crippen LogP contribution in [0.15, 0.2) is 78.6 Å². The Morgan fingerprint density at radius 1 is 0.561 bits per heavy atom. The van der Waals surface area contributed by atoms with Gasteiger partial charge < -0.3 is 128 Å². The maximum Gasteiger partial charge on any atom is 0.331 e. The van der Waals surface area contributed by atoms with Gasteiger partial charge in [0.15, 0.2) is 58.8 Å². The number of carbonyl (C=O) groups excluding carboxylic acids is 2. The number of ether oxygens (including phenoxy) is 12. The number of carbonyl (C=O) groups is 2. The van der Waals surface area contributed by atoms with Gasteiger partial charge in [0.1, 0.15) is 84.7 Å². The number of rotatable bonds is 19. The first-order valence-corrected chi connectivity index (χ1v) is 25.0. The number of benzene rings is 4. The van der Waals surface area contributed by atoms with Gasteiger partial charge >= 0.3 is 11.9 Å². The van der Waals surface area contributed by atoms with Gasteiger partial charge in [-0.05, 0) is 65.7 Å². The van der Waals surface area contributed by atoms with Crippen LogP contribution in [0.5, 0.6) is 57.5 Å². The first kappa shape index (κ1) is 60.4. The van der Waals surface area contributed by atoms with Crippen molar-refractivity contribution in [3.63, 3.8) is 0 Å². The zero-order chi connectivity index (χ0) is 59.3. The van der Waals surface area contributed by atoms with E-state index < -0.39 is 147 Å². The summed E-state index contributed by atoms with van der Waals surface area (Å²) in [5.74, 6) is -5.04. The van der Waals surface area contributed by atoms with Crippen LogP contribution >= 0.6 is 0 Å². The number of phenolic OH excluding ortho intramolecular Hbond substituents is 5. The smallest absolute Gasteiger partial charge is 0.331 e. The van der Waals surface area contributed by atoms with Gasteiger partial charge in [0.25, 0.3) is 11.9 Å². The Labute approximate surface area is 464 Å². The second-order valence-corrected chi connectivity index (χ2v) is 18.9. The summed E-state index contributed by atoms with van der Waals surface area (Å²) in [6.07, 6.45) is -24.5. The minimum absolute atomic E-state index is 0.0258. The van der Waals surface area contributed by atoms with Gasteiger partial charge in [-0.1, -0.05) is 6.07 Å². The third kappa shape index (κ3) is 13.1. The van der Waals surface area contributed by atoms with E-state index >= 15 is 0 Å². The molecule has 0 bridgehead atoms. The van der Waals surface area contributed by atoms with Crippen molar-refractivity contribution in [1.29, 1.82) is 0 Å². The average molecular weight is 1160 g/mol. The molecule has 0 saturated carbocycles. The Kier molecular flexibility index (Phi) is 19.2. The fourth-order valence-electron chi connectivity index (χ4n) is 9.09. The maximum absolute atomic E-state index is 13.5. The molecule has 15 N–H and O–H groups in total. The number of esters is 2. The Balaban J connectivity index is 1.16. The molecule has 82 heavy (non-hydrogen) atoms. The highest BCUT2D eigenvalue weighted by Crippen LogP contribution is 2.48. The summed E-state index contributed by atoms with van der Waals surface area (Å²) < 4.78 is 67.5. The predicted molar refractivity (Wildman–Crippen MR) is 274 cm³/mol. The maximum atomic E-state index is 13.5. The summed E-state index contributed by atoms with van der Waals surface area (Å²) in [5.41, 5.74) is 0.658. The predicted octanol–water partition coefficient (Wildman–Crippen LogP) is -1.07. The number of hydrogen-bond donors (Lipinski definition) is 14. The SMILES string of the molecule is COc1cc(C=CC(=O)OCC2OC(OC3=Cc4c(OC5OC(CO)C(O)C(O)C5O)cc(O)cc4[OH+]C3c3ccc(O)c(O)c3)C(OC3OC(CO)C(O)C(O)C3OC(=O)C=Cc3cc(OC)c(O)c(OC)c3)C(O)C2O)ccc1O. The van der Waals surface area contributed by atoms with E-state index in [-0.39, 0.29) is 62.7 Å². The van der Waals surface area contributed by atoms with Gasteiger partial charge in [-0.2, -0.15) is 0 Å². The molecular formula is C54H61O28+. The lowest BCUT2D eigenvalue weighted by Crippen LogP contribution is -2.65. The van der Waals surface area contributed by atoms with Gasteiger partial charge in [0.05, 0.1) is 46.2 Å². The van der Waals surface area contributed by atoms with Crippen LogP contribution in [0.25, 0.3) is 18.2 Å². The third-order valence-corrected chi connectivity index (χ3v) is 13.5. The molecule has 4 aliphatic heterocycles. The minimum Gasteiger partial charge on any atom is -0.571 e. The number of aliphatic hydroxyl groups excluding tert-OH is 9. The second-order valence-electron chi connectivity index (χ2n) is 18.9. The van der Waals surface area contributed by atoms with E-state index in [0.717, 1.165) is 30.4 Å². The summed E-state index contributed by atoms with van der Waals surface area (Å²) >= 11 is 0. The molecule has 0 aliphatic carbocycles. The normalized spacial score (nSPS) is 29.9. The topological polar surface area (TPSA) is 432 Å². The van der Waals surface area contributed by atoms with Crippen LogP contribution in [0.2, 0.25) is 0 Å². The van der Waals surface area contributed by atoms with Crippen molar-refractivity contribution in [2.24, 2.45) is 0 Å². The van der Waals surface area contributed by atoms with E-state index in [1.807, 2.05) is 0 Å². The molecule has 3 fully saturated rings. The molecule has 8 rings (SSSR count). The van der Waals surface area contributed by atoms with Gasteiger partial charge in [-0.25, -0.2) is 9.59 Å². The highest BCUT2D eigenvalue weighted by Gasteiger charge is 2.54. The summed E-state index contributed by atoms with van der Waals surface area (Å²) in [6, 6.07) is 12.6. The monoisotopic (exact) mass is 1160 g/mol. The molecule has 0 aromatic heterocycles. The molecule has 0 spiro atoms. The van der Waals surface area contributed by atoms with Crippen molar-refractivity contribution in [2.45, 2.75) is 98.2 Å². The van der Waals surface area contributed by atoms with Crippen LogP contribution in [0, 0.1) is 0 Å². The Bertz CT molecular complexity index is 2970. The molecule has 16 atom stereocenters.